The van der Waals surface area contributed by atoms with E-state index < -0.39 is 17.9 Å². The molecule has 0 fully saturated rings. The molecule has 0 N–H and O–H groups in total. The highest BCUT2D eigenvalue weighted by atomic mass is 79.9. The third-order valence-electron chi connectivity index (χ3n) is 5.55. The van der Waals surface area contributed by atoms with Gasteiger partial charge < -0.3 is 9.47 Å². The summed E-state index contributed by atoms with van der Waals surface area (Å²) in [5, 5.41) is 0.901. The van der Waals surface area contributed by atoms with Crippen LogP contribution in [-0.2, 0) is 41.6 Å². The number of halogens is 3. The van der Waals surface area contributed by atoms with Crippen LogP contribution < -0.4 is 0 Å². The van der Waals surface area contributed by atoms with Crippen molar-refractivity contribution >= 4 is 59.7 Å². The number of ether oxygens (including phenoxy) is 2. The Morgan fingerprint density at radius 3 is 1.44 bits per heavy atom. The largest absolute Gasteiger partial charge is 0.465 e. The van der Waals surface area contributed by atoms with Gasteiger partial charge in [-0.25, -0.2) is 0 Å². The molecule has 0 spiro atoms. The molecule has 0 amide bonds. The summed E-state index contributed by atoms with van der Waals surface area (Å²) in [5.74, 6) is -2.03. The standard InChI is InChI=1S/C18H25BrO4.C11H14Br2/c1-6-22-16(20)14(17(21)23-7-2)10-12-8-9-13(11-15(12)19)18(3,4)5;1-11(2,3)9-5-4-8(7-12)10(13)6-9/h8-9,11,14H,6-7,10H2,1-5H3;4-6H,7H2,1-3H3. The van der Waals surface area contributed by atoms with Crippen molar-refractivity contribution in [1.29, 1.82) is 0 Å². The maximum Gasteiger partial charge on any atom is 0.320 e. The van der Waals surface area contributed by atoms with E-state index in [4.69, 9.17) is 9.47 Å². The van der Waals surface area contributed by atoms with Crippen LogP contribution in [0.5, 0.6) is 0 Å². The zero-order valence-corrected chi connectivity index (χ0v) is 27.4. The van der Waals surface area contributed by atoms with Gasteiger partial charge in [-0.15, -0.1) is 0 Å². The maximum absolute atomic E-state index is 12.1. The topological polar surface area (TPSA) is 52.6 Å². The summed E-state index contributed by atoms with van der Waals surface area (Å²) < 4.78 is 12.1. The van der Waals surface area contributed by atoms with Gasteiger partial charge in [0.1, 0.15) is 0 Å². The monoisotopic (exact) mass is 688 g/mol. The van der Waals surface area contributed by atoms with E-state index in [-0.39, 0.29) is 30.5 Å². The fraction of sp³-hybridized carbons (Fsp3) is 0.517. The molecule has 0 aromatic heterocycles. The summed E-state index contributed by atoms with van der Waals surface area (Å²) in [5.41, 5.74) is 4.98. The highest BCUT2D eigenvalue weighted by Crippen LogP contribution is 2.30. The average Bonchev–Trinajstić information content (AvgIpc) is 2.77. The van der Waals surface area contributed by atoms with E-state index in [0.717, 1.165) is 15.4 Å². The van der Waals surface area contributed by atoms with E-state index in [2.05, 4.69) is 108 Å². The summed E-state index contributed by atoms with van der Waals surface area (Å²) in [7, 11) is 0. The zero-order valence-electron chi connectivity index (χ0n) is 22.6. The van der Waals surface area contributed by atoms with Crippen molar-refractivity contribution in [3.63, 3.8) is 0 Å². The van der Waals surface area contributed by atoms with Gasteiger partial charge in [0, 0.05) is 14.3 Å². The smallest absolute Gasteiger partial charge is 0.320 e. The molecule has 0 saturated carbocycles. The maximum atomic E-state index is 12.1. The number of hydrogen-bond donors (Lipinski definition) is 0. The molecule has 7 heteroatoms. The Hall–Kier alpha value is -1.18. The van der Waals surface area contributed by atoms with Gasteiger partial charge in [-0.2, -0.15) is 0 Å². The fourth-order valence-electron chi connectivity index (χ4n) is 3.27. The first-order valence-corrected chi connectivity index (χ1v) is 14.8. The summed E-state index contributed by atoms with van der Waals surface area (Å²) in [6.45, 7) is 17.0. The van der Waals surface area contributed by atoms with Crippen LogP contribution in [0.15, 0.2) is 45.3 Å². The minimum absolute atomic E-state index is 0.0305. The van der Waals surface area contributed by atoms with Crippen molar-refractivity contribution in [2.45, 2.75) is 78.0 Å². The summed E-state index contributed by atoms with van der Waals surface area (Å²) in [6, 6.07) is 12.6. The molecule has 2 aromatic carbocycles. The van der Waals surface area contributed by atoms with E-state index in [1.54, 1.807) is 13.8 Å². The molecule has 200 valence electrons. The Morgan fingerprint density at radius 2 is 1.14 bits per heavy atom. The van der Waals surface area contributed by atoms with Gasteiger partial charge in [0.2, 0.25) is 0 Å². The van der Waals surface area contributed by atoms with Crippen LogP contribution in [0.25, 0.3) is 0 Å². The Morgan fingerprint density at radius 1 is 0.750 bits per heavy atom. The Balaban J connectivity index is 0.000000420. The summed E-state index contributed by atoms with van der Waals surface area (Å²) >= 11 is 10.6. The number of hydrogen-bond acceptors (Lipinski definition) is 4. The molecule has 0 bridgehead atoms. The van der Waals surface area contributed by atoms with Gasteiger partial charge in [-0.3, -0.25) is 9.59 Å². The molecular formula is C29H39Br3O4. The minimum Gasteiger partial charge on any atom is -0.465 e. The van der Waals surface area contributed by atoms with Crippen LogP contribution in [0.2, 0.25) is 0 Å². The molecule has 0 unspecified atom stereocenters. The summed E-state index contributed by atoms with van der Waals surface area (Å²) in [4.78, 5) is 24.1. The second kappa shape index (κ2) is 14.7. The molecule has 2 rings (SSSR count). The lowest BCUT2D eigenvalue weighted by Gasteiger charge is -2.21. The molecule has 0 atom stereocenters. The predicted molar refractivity (Wildman–Crippen MR) is 159 cm³/mol. The molecule has 0 saturated heterocycles. The van der Waals surface area contributed by atoms with E-state index in [1.165, 1.54) is 21.2 Å². The average molecular weight is 691 g/mol. The van der Waals surface area contributed by atoms with Crippen LogP contribution in [0, 0.1) is 5.92 Å². The van der Waals surface area contributed by atoms with Gasteiger partial charge in [0.05, 0.1) is 13.2 Å². The minimum atomic E-state index is -0.938. The van der Waals surface area contributed by atoms with Crippen LogP contribution in [0.3, 0.4) is 0 Å². The normalized spacial score (nSPS) is 11.6. The molecule has 0 heterocycles. The second-order valence-corrected chi connectivity index (χ2v) is 12.8. The van der Waals surface area contributed by atoms with Crippen molar-refractivity contribution in [2.75, 3.05) is 13.2 Å². The number of carbonyl (C=O) groups is 2. The molecule has 0 aliphatic heterocycles. The van der Waals surface area contributed by atoms with Crippen molar-refractivity contribution in [3.8, 4) is 0 Å². The number of esters is 2. The van der Waals surface area contributed by atoms with Crippen molar-refractivity contribution in [3.05, 3.63) is 67.6 Å². The van der Waals surface area contributed by atoms with Gasteiger partial charge in [-0.1, -0.05) is 114 Å². The molecule has 4 nitrogen and oxygen atoms in total. The van der Waals surface area contributed by atoms with Crippen molar-refractivity contribution in [2.24, 2.45) is 5.92 Å². The number of benzene rings is 2. The predicted octanol–water partition coefficient (Wildman–Crippen LogP) is 8.67. The number of alkyl halides is 1. The molecule has 0 radical (unpaired) electrons. The van der Waals surface area contributed by atoms with Crippen molar-refractivity contribution < 1.29 is 19.1 Å². The zero-order chi connectivity index (χ0) is 27.7. The number of carbonyl (C=O) groups excluding carboxylic acids is 2. The lowest BCUT2D eigenvalue weighted by atomic mass is 9.86. The van der Waals surface area contributed by atoms with Crippen molar-refractivity contribution in [1.82, 2.24) is 0 Å². The van der Waals surface area contributed by atoms with Crippen LogP contribution in [0.4, 0.5) is 0 Å². The lowest BCUT2D eigenvalue weighted by molar-refractivity contribution is -0.161. The molecule has 0 aliphatic rings. The Labute approximate surface area is 242 Å². The highest BCUT2D eigenvalue weighted by Gasteiger charge is 2.30. The SMILES string of the molecule is CC(C)(C)c1ccc(CBr)c(Br)c1.CCOC(=O)C(Cc1ccc(C(C)(C)C)cc1Br)C(=O)OCC. The van der Waals surface area contributed by atoms with Gasteiger partial charge in [-0.05, 0) is 65.5 Å². The lowest BCUT2D eigenvalue weighted by Crippen LogP contribution is -2.30. The van der Waals surface area contributed by atoms with Gasteiger partial charge >= 0.3 is 11.9 Å². The van der Waals surface area contributed by atoms with Crippen LogP contribution >= 0.6 is 47.8 Å². The third kappa shape index (κ3) is 10.3. The molecule has 36 heavy (non-hydrogen) atoms. The van der Waals surface area contributed by atoms with Crippen LogP contribution in [-0.4, -0.2) is 25.2 Å². The van der Waals surface area contributed by atoms with E-state index in [0.29, 0.717) is 0 Å². The quantitative estimate of drug-likeness (QED) is 0.166. The summed E-state index contributed by atoms with van der Waals surface area (Å²) in [6.07, 6.45) is 0.253. The van der Waals surface area contributed by atoms with E-state index >= 15 is 0 Å². The van der Waals surface area contributed by atoms with Gasteiger partial charge in [0.25, 0.3) is 0 Å². The molecular weight excluding hydrogens is 652 g/mol. The highest BCUT2D eigenvalue weighted by molar-refractivity contribution is 9.11. The van der Waals surface area contributed by atoms with Gasteiger partial charge in [0.15, 0.2) is 5.92 Å². The van der Waals surface area contributed by atoms with E-state index in [1.807, 2.05) is 18.2 Å². The first-order valence-electron chi connectivity index (χ1n) is 12.1. The fourth-order valence-corrected chi connectivity index (χ4v) is 5.19. The Kier molecular flexibility index (Phi) is 13.4. The molecule has 2 aromatic rings. The Bertz CT molecular complexity index is 1000. The first kappa shape index (κ1) is 32.8. The molecule has 0 aliphatic carbocycles. The number of rotatable bonds is 7. The van der Waals surface area contributed by atoms with E-state index in [9.17, 15) is 9.59 Å². The van der Waals surface area contributed by atoms with Crippen LogP contribution in [0.1, 0.15) is 77.6 Å². The first-order chi connectivity index (χ1) is 16.6. The second-order valence-electron chi connectivity index (χ2n) is 10.5. The third-order valence-corrected chi connectivity index (χ3v) is 7.63.